The van der Waals surface area contributed by atoms with E-state index in [9.17, 15) is 9.18 Å². The molecule has 1 N–H and O–H groups in total. The van der Waals surface area contributed by atoms with Crippen molar-refractivity contribution in [1.82, 2.24) is 15.1 Å². The summed E-state index contributed by atoms with van der Waals surface area (Å²) in [7, 11) is 2.15. The van der Waals surface area contributed by atoms with E-state index >= 15 is 0 Å². The van der Waals surface area contributed by atoms with Crippen molar-refractivity contribution in [2.45, 2.75) is 38.1 Å². The molecule has 24 heavy (non-hydrogen) atoms. The van der Waals surface area contributed by atoms with E-state index in [0.29, 0.717) is 5.92 Å². The van der Waals surface area contributed by atoms with Crippen LogP contribution in [-0.4, -0.2) is 55.1 Å². The van der Waals surface area contributed by atoms with Gasteiger partial charge in [0.1, 0.15) is 5.82 Å². The quantitative estimate of drug-likeness (QED) is 0.868. The molecule has 1 saturated heterocycles. The van der Waals surface area contributed by atoms with E-state index in [1.165, 1.54) is 6.07 Å². The second kappa shape index (κ2) is 7.51. The van der Waals surface area contributed by atoms with Crippen molar-refractivity contribution in [2.24, 2.45) is 5.92 Å². The lowest BCUT2D eigenvalue weighted by atomic mass is 10.1. The minimum atomic E-state index is -0.167. The Morgan fingerprint density at radius 1 is 1.42 bits per heavy atom. The largest absolute Gasteiger partial charge is 0.335 e. The number of amides is 2. The van der Waals surface area contributed by atoms with Gasteiger partial charge in [-0.05, 0) is 50.4 Å². The first-order chi connectivity index (χ1) is 11.6. The van der Waals surface area contributed by atoms with E-state index in [0.717, 1.165) is 51.0 Å². The zero-order valence-corrected chi connectivity index (χ0v) is 14.7. The molecule has 2 amide bonds. The molecule has 4 nitrogen and oxygen atoms in total. The van der Waals surface area contributed by atoms with Crippen molar-refractivity contribution in [3.05, 3.63) is 35.6 Å². The van der Waals surface area contributed by atoms with Crippen molar-refractivity contribution in [2.75, 3.05) is 33.2 Å². The Kier molecular flexibility index (Phi) is 5.39. The third-order valence-electron chi connectivity index (χ3n) is 5.15. The van der Waals surface area contributed by atoms with Crippen molar-refractivity contribution in [1.29, 1.82) is 0 Å². The third kappa shape index (κ3) is 4.07. The van der Waals surface area contributed by atoms with Crippen molar-refractivity contribution in [3.63, 3.8) is 0 Å². The fourth-order valence-electron chi connectivity index (χ4n) is 3.80. The molecular formula is C19H28FN3O. The van der Waals surface area contributed by atoms with Gasteiger partial charge < -0.3 is 15.1 Å². The highest BCUT2D eigenvalue weighted by molar-refractivity contribution is 5.75. The summed E-state index contributed by atoms with van der Waals surface area (Å²) in [6, 6.07) is 6.96. The number of nitrogens with zero attached hydrogens (tertiary/aromatic N) is 2. The summed E-state index contributed by atoms with van der Waals surface area (Å²) in [5.41, 5.74) is 0.725. The van der Waals surface area contributed by atoms with Gasteiger partial charge in [0.2, 0.25) is 0 Å². The van der Waals surface area contributed by atoms with Crippen LogP contribution in [0.15, 0.2) is 24.3 Å². The number of hydrogen-bond acceptors (Lipinski definition) is 2. The van der Waals surface area contributed by atoms with E-state index < -0.39 is 0 Å². The smallest absolute Gasteiger partial charge is 0.317 e. The highest BCUT2D eigenvalue weighted by Crippen LogP contribution is 2.42. The summed E-state index contributed by atoms with van der Waals surface area (Å²) < 4.78 is 13.8. The molecule has 3 rings (SSSR count). The first kappa shape index (κ1) is 17.2. The number of benzene rings is 1. The second-order valence-corrected chi connectivity index (χ2v) is 7.28. The molecule has 1 aromatic carbocycles. The topological polar surface area (TPSA) is 35.6 Å². The first-order valence-electron chi connectivity index (χ1n) is 9.07. The minimum Gasteiger partial charge on any atom is -0.335 e. The van der Waals surface area contributed by atoms with Gasteiger partial charge >= 0.3 is 6.03 Å². The molecule has 0 aromatic heterocycles. The van der Waals surface area contributed by atoms with Crippen LogP contribution in [-0.2, 0) is 0 Å². The number of halogens is 1. The summed E-state index contributed by atoms with van der Waals surface area (Å²) in [6.45, 7) is 6.00. The van der Waals surface area contributed by atoms with Gasteiger partial charge in [0.25, 0.3) is 0 Å². The summed E-state index contributed by atoms with van der Waals surface area (Å²) in [5, 5.41) is 3.08. The maximum absolute atomic E-state index is 13.8. The van der Waals surface area contributed by atoms with Crippen LogP contribution in [0.2, 0.25) is 0 Å². The van der Waals surface area contributed by atoms with Gasteiger partial charge in [-0.25, -0.2) is 9.18 Å². The van der Waals surface area contributed by atoms with Crippen LogP contribution in [0.25, 0.3) is 0 Å². The Hall–Kier alpha value is -1.62. The van der Waals surface area contributed by atoms with E-state index in [2.05, 4.69) is 24.2 Å². The Bertz CT molecular complexity index is 579. The highest BCUT2D eigenvalue weighted by Gasteiger charge is 2.42. The van der Waals surface area contributed by atoms with E-state index in [4.69, 9.17) is 0 Å². The SMILES string of the molecule is CCCN(C)C[C@@H]1CCN(C(=O)N[C@H]2C[C@@H]2c2ccccc2F)C1. The van der Waals surface area contributed by atoms with Crippen LogP contribution in [0.4, 0.5) is 9.18 Å². The predicted octanol–water partition coefficient (Wildman–Crippen LogP) is 3.05. The number of urea groups is 1. The number of carbonyl (C=O) groups excluding carboxylic acids is 1. The molecule has 0 spiro atoms. The van der Waals surface area contributed by atoms with Gasteiger partial charge in [0, 0.05) is 31.6 Å². The molecule has 132 valence electrons. The van der Waals surface area contributed by atoms with Gasteiger partial charge in [-0.3, -0.25) is 0 Å². The lowest BCUT2D eigenvalue weighted by Crippen LogP contribution is -2.40. The van der Waals surface area contributed by atoms with Gasteiger partial charge in [-0.2, -0.15) is 0 Å². The van der Waals surface area contributed by atoms with Gasteiger partial charge in [-0.1, -0.05) is 25.1 Å². The van der Waals surface area contributed by atoms with E-state index in [1.54, 1.807) is 6.07 Å². The second-order valence-electron chi connectivity index (χ2n) is 7.28. The monoisotopic (exact) mass is 333 g/mol. The van der Waals surface area contributed by atoms with E-state index in [1.807, 2.05) is 17.0 Å². The molecule has 3 atom stereocenters. The zero-order chi connectivity index (χ0) is 17.1. The Balaban J connectivity index is 1.45. The first-order valence-corrected chi connectivity index (χ1v) is 9.07. The van der Waals surface area contributed by atoms with Gasteiger partial charge in [0.15, 0.2) is 0 Å². The summed E-state index contributed by atoms with van der Waals surface area (Å²) >= 11 is 0. The molecule has 1 aromatic rings. The van der Waals surface area contributed by atoms with Crippen molar-refractivity contribution >= 4 is 6.03 Å². The maximum Gasteiger partial charge on any atom is 0.317 e. The number of hydrogen-bond donors (Lipinski definition) is 1. The highest BCUT2D eigenvalue weighted by atomic mass is 19.1. The van der Waals surface area contributed by atoms with Crippen LogP contribution < -0.4 is 5.32 Å². The molecule has 2 aliphatic rings. The van der Waals surface area contributed by atoms with Gasteiger partial charge in [0.05, 0.1) is 0 Å². The molecular weight excluding hydrogens is 305 g/mol. The predicted molar refractivity (Wildman–Crippen MR) is 93.5 cm³/mol. The number of likely N-dealkylation sites (tertiary alicyclic amines) is 1. The average molecular weight is 333 g/mol. The molecule has 1 aliphatic carbocycles. The zero-order valence-electron chi connectivity index (χ0n) is 14.7. The van der Waals surface area contributed by atoms with Crippen LogP contribution in [0.5, 0.6) is 0 Å². The van der Waals surface area contributed by atoms with Crippen molar-refractivity contribution in [3.8, 4) is 0 Å². The van der Waals surface area contributed by atoms with Crippen LogP contribution in [0.3, 0.4) is 0 Å². The molecule has 1 aliphatic heterocycles. The third-order valence-corrected chi connectivity index (χ3v) is 5.15. The van der Waals surface area contributed by atoms with Crippen LogP contribution in [0.1, 0.15) is 37.7 Å². The van der Waals surface area contributed by atoms with Crippen LogP contribution >= 0.6 is 0 Å². The Labute approximate surface area is 144 Å². The lowest BCUT2D eigenvalue weighted by molar-refractivity contribution is 0.203. The normalized spacial score (nSPS) is 26.0. The number of nitrogens with one attached hydrogen (secondary N) is 1. The molecule has 2 fully saturated rings. The minimum absolute atomic E-state index is 0.0134. The molecule has 1 heterocycles. The summed E-state index contributed by atoms with van der Waals surface area (Å²) in [6.07, 6.45) is 3.07. The molecule has 0 bridgehead atoms. The number of carbonyl (C=O) groups is 1. The molecule has 0 radical (unpaired) electrons. The van der Waals surface area contributed by atoms with Crippen LogP contribution in [0, 0.1) is 11.7 Å². The maximum atomic E-state index is 13.8. The summed E-state index contributed by atoms with van der Waals surface area (Å²) in [5.74, 6) is 0.526. The standard InChI is InChI=1S/C19H28FN3O/c1-3-9-22(2)12-14-8-10-23(13-14)19(24)21-18-11-16(18)15-6-4-5-7-17(15)20/h4-7,14,16,18H,3,8-13H2,1-2H3,(H,21,24)/t14-,16+,18-/m0/s1. The molecule has 5 heteroatoms. The Morgan fingerprint density at radius 3 is 2.96 bits per heavy atom. The van der Waals surface area contributed by atoms with Crippen molar-refractivity contribution < 1.29 is 9.18 Å². The fourth-order valence-corrected chi connectivity index (χ4v) is 3.80. The number of rotatable bonds is 6. The van der Waals surface area contributed by atoms with E-state index in [-0.39, 0.29) is 23.8 Å². The lowest BCUT2D eigenvalue weighted by Gasteiger charge is -2.21. The molecule has 1 saturated carbocycles. The Morgan fingerprint density at radius 2 is 2.21 bits per heavy atom. The average Bonchev–Trinajstić information content (AvgIpc) is 3.14. The fraction of sp³-hybridized carbons (Fsp3) is 0.632. The molecule has 0 unspecified atom stereocenters. The summed E-state index contributed by atoms with van der Waals surface area (Å²) in [4.78, 5) is 16.7. The van der Waals surface area contributed by atoms with Gasteiger partial charge in [-0.15, -0.1) is 0 Å².